The van der Waals surface area contributed by atoms with Gasteiger partial charge in [0.05, 0.1) is 0 Å². The number of hydrogen-bond acceptors (Lipinski definition) is 1. The minimum Gasteiger partial charge on any atom is -0.123 e. The molecule has 0 aliphatic carbocycles. The average Bonchev–Trinajstić information content (AvgIpc) is 2.56. The lowest BCUT2D eigenvalue weighted by Gasteiger charge is -2.30. The van der Waals surface area contributed by atoms with Gasteiger partial charge in [0.15, 0.2) is 8.24 Å². The van der Waals surface area contributed by atoms with Crippen molar-refractivity contribution in [3.63, 3.8) is 0 Å². The Morgan fingerprint density at radius 3 is 2.26 bits per heavy atom. The molecule has 0 bridgehead atoms. The highest BCUT2D eigenvalue weighted by Crippen LogP contribution is 2.38. The van der Waals surface area contributed by atoms with Crippen LogP contribution in [0.4, 0.5) is 0 Å². The monoisotopic (exact) mass is 317 g/mol. The van der Waals surface area contributed by atoms with Crippen molar-refractivity contribution in [2.75, 3.05) is 0 Å². The van der Waals surface area contributed by atoms with E-state index in [-0.39, 0.29) is 5.54 Å². The van der Waals surface area contributed by atoms with Crippen LogP contribution in [-0.2, 0) is 0 Å². The van der Waals surface area contributed by atoms with E-state index in [1.807, 2.05) is 18.2 Å². The molecule has 0 heterocycles. The van der Waals surface area contributed by atoms with Gasteiger partial charge >= 0.3 is 0 Å². The average molecular weight is 317 g/mol. The highest BCUT2D eigenvalue weighted by atomic mass is 28.3. The van der Waals surface area contributed by atoms with Crippen LogP contribution < -0.4 is 0 Å². The first kappa shape index (κ1) is 15.3. The molecule has 0 radical (unpaired) electrons. The van der Waals surface area contributed by atoms with Crippen molar-refractivity contribution in [3.05, 3.63) is 94.4 Å². The third-order valence-corrected chi connectivity index (χ3v) is 6.94. The third kappa shape index (κ3) is 3.00. The lowest BCUT2D eigenvalue weighted by atomic mass is 9.98. The predicted octanol–water partition coefficient (Wildman–Crippen LogP) is 6.03. The molecule has 1 unspecified atom stereocenters. The molecule has 3 nitrogen and oxygen atoms in total. The van der Waals surface area contributed by atoms with E-state index in [0.29, 0.717) is 0 Å². The number of azide groups is 1. The van der Waals surface area contributed by atoms with Crippen LogP contribution in [0.2, 0.25) is 13.1 Å². The van der Waals surface area contributed by atoms with Gasteiger partial charge in [0.2, 0.25) is 0 Å². The highest BCUT2D eigenvalue weighted by molar-refractivity contribution is 6.77. The second-order valence-corrected chi connectivity index (χ2v) is 10.3. The first-order chi connectivity index (χ1) is 11.1. The lowest BCUT2D eigenvalue weighted by molar-refractivity contribution is 1.07. The van der Waals surface area contributed by atoms with Gasteiger partial charge in [-0.05, 0) is 32.3 Å². The topological polar surface area (TPSA) is 48.8 Å². The Kier molecular flexibility index (Phi) is 4.19. The van der Waals surface area contributed by atoms with Gasteiger partial charge in [-0.15, -0.1) is 4.78 Å². The first-order valence-corrected chi connectivity index (χ1v) is 10.7. The van der Waals surface area contributed by atoms with E-state index in [4.69, 9.17) is 5.53 Å². The molecule has 3 aromatic rings. The lowest BCUT2D eigenvalue weighted by Crippen LogP contribution is -2.33. The van der Waals surface area contributed by atoms with Crippen LogP contribution in [0.1, 0.15) is 16.7 Å². The Hall–Kier alpha value is -2.55. The Morgan fingerprint density at radius 2 is 1.52 bits per heavy atom. The van der Waals surface area contributed by atoms with Crippen molar-refractivity contribution in [2.45, 2.75) is 18.6 Å². The first-order valence-electron chi connectivity index (χ1n) is 7.72. The molecule has 4 heteroatoms. The van der Waals surface area contributed by atoms with E-state index < -0.39 is 8.24 Å². The molecule has 3 aromatic carbocycles. The predicted molar refractivity (Wildman–Crippen MR) is 98.9 cm³/mol. The van der Waals surface area contributed by atoms with Gasteiger partial charge in [0.25, 0.3) is 0 Å². The summed E-state index contributed by atoms with van der Waals surface area (Å²) in [4.78, 5) is 3.15. The fraction of sp³-hybridized carbons (Fsp3) is 0.158. The Morgan fingerprint density at radius 1 is 0.870 bits per heavy atom. The van der Waals surface area contributed by atoms with E-state index >= 15 is 0 Å². The summed E-state index contributed by atoms with van der Waals surface area (Å²) in [7, 11) is -2.22. The van der Waals surface area contributed by atoms with Crippen molar-refractivity contribution in [1.82, 2.24) is 0 Å². The van der Waals surface area contributed by atoms with E-state index in [9.17, 15) is 0 Å². The van der Waals surface area contributed by atoms with Crippen LogP contribution in [0.5, 0.6) is 0 Å². The molecule has 23 heavy (non-hydrogen) atoms. The molecule has 114 valence electrons. The minimum atomic E-state index is -2.22. The molecule has 0 spiro atoms. The molecule has 0 fully saturated rings. The minimum absolute atomic E-state index is 0.130. The van der Waals surface area contributed by atoms with Crippen LogP contribution in [0.3, 0.4) is 0 Å². The fourth-order valence-corrected chi connectivity index (χ4v) is 5.66. The van der Waals surface area contributed by atoms with E-state index in [1.165, 1.54) is 21.9 Å². The molecular weight excluding hydrogens is 298 g/mol. The van der Waals surface area contributed by atoms with Gasteiger partial charge in [-0.25, -0.2) is 0 Å². The van der Waals surface area contributed by atoms with Gasteiger partial charge < -0.3 is 0 Å². The molecular formula is C19H19N3Si. The maximum Gasteiger partial charge on any atom is 0.161 e. The highest BCUT2D eigenvalue weighted by Gasteiger charge is 2.34. The molecule has 0 aliphatic rings. The molecule has 0 aliphatic heterocycles. The van der Waals surface area contributed by atoms with Crippen molar-refractivity contribution >= 4 is 19.0 Å². The zero-order valence-corrected chi connectivity index (χ0v) is 14.3. The largest absolute Gasteiger partial charge is 0.161 e. The number of hydrogen-bond donors (Lipinski definition) is 0. The number of fused-ring (bicyclic) bond motifs is 1. The number of benzene rings is 3. The van der Waals surface area contributed by atoms with Crippen molar-refractivity contribution in [2.24, 2.45) is 4.78 Å². The van der Waals surface area contributed by atoms with Crippen LogP contribution in [-0.4, -0.2) is 8.24 Å². The van der Waals surface area contributed by atoms with Crippen LogP contribution in [0.25, 0.3) is 21.2 Å². The van der Waals surface area contributed by atoms with Crippen LogP contribution in [0, 0.1) is 0 Å². The summed E-state index contributed by atoms with van der Waals surface area (Å²) in [6, 6.07) is 25.2. The molecule has 0 aromatic heterocycles. The number of nitrogens with zero attached hydrogens (tertiary/aromatic N) is 3. The molecule has 0 N–H and O–H groups in total. The van der Waals surface area contributed by atoms with Crippen molar-refractivity contribution < 1.29 is 0 Å². The smallest absolute Gasteiger partial charge is 0.123 e. The quantitative estimate of drug-likeness (QED) is 0.244. The van der Waals surface area contributed by atoms with Crippen molar-refractivity contribution in [3.8, 4) is 0 Å². The van der Waals surface area contributed by atoms with E-state index in [0.717, 1.165) is 0 Å². The second kappa shape index (κ2) is 6.29. The molecule has 0 saturated carbocycles. The summed E-state index contributed by atoms with van der Waals surface area (Å²) in [6.45, 7) is 4.26. The Labute approximate surface area is 137 Å². The molecule has 3 rings (SSSR count). The summed E-state index contributed by atoms with van der Waals surface area (Å²) in [6.07, 6.45) is 0. The second-order valence-electron chi connectivity index (χ2n) is 6.26. The summed E-state index contributed by atoms with van der Waals surface area (Å²) in [5, 5.41) is 2.45. The Bertz CT molecular complexity index is 863. The maximum atomic E-state index is 9.05. The van der Waals surface area contributed by atoms with Crippen molar-refractivity contribution in [1.29, 1.82) is 0 Å². The van der Waals surface area contributed by atoms with Gasteiger partial charge in [-0.2, -0.15) is 0 Å². The van der Waals surface area contributed by atoms with E-state index in [2.05, 4.69) is 77.4 Å². The van der Waals surface area contributed by atoms with Gasteiger partial charge in [-0.1, -0.05) is 85.9 Å². The summed E-state index contributed by atoms with van der Waals surface area (Å²) in [5.41, 5.74) is 11.6. The molecule has 0 saturated heterocycles. The maximum absolute atomic E-state index is 9.05. The zero-order chi connectivity index (χ0) is 16.3. The normalized spacial score (nSPS) is 12.6. The van der Waals surface area contributed by atoms with Crippen LogP contribution >= 0.6 is 0 Å². The van der Waals surface area contributed by atoms with E-state index in [1.54, 1.807) is 0 Å². The fourth-order valence-electron chi connectivity index (χ4n) is 3.29. The molecule has 1 atom stereocenters. The van der Waals surface area contributed by atoms with Crippen LogP contribution in [0.15, 0.2) is 77.6 Å². The van der Waals surface area contributed by atoms with Gasteiger partial charge in [-0.3, -0.25) is 0 Å². The third-order valence-electron chi connectivity index (χ3n) is 4.28. The standard InChI is InChI=1S/C19H19N3Si/c1-23(2,22-21-20)19(16-10-4-3-5-11-16)18-14-8-12-15-9-6-7-13-17(15)18/h3-14,19H,1-2H3. The summed E-state index contributed by atoms with van der Waals surface area (Å²) >= 11 is 0. The van der Waals surface area contributed by atoms with Gasteiger partial charge in [0.1, 0.15) is 0 Å². The Balaban J connectivity index is 2.29. The summed E-state index contributed by atoms with van der Waals surface area (Å²) < 4.78 is 4.24. The molecule has 0 amide bonds. The number of rotatable bonds is 4. The van der Waals surface area contributed by atoms with Gasteiger partial charge in [0, 0.05) is 5.54 Å². The summed E-state index contributed by atoms with van der Waals surface area (Å²) in [5.74, 6) is 0. The SMILES string of the molecule is C[Si](C)(N=[N+]=[N-])C(c1ccccc1)c1cccc2ccccc12. The zero-order valence-electron chi connectivity index (χ0n) is 13.3.